The van der Waals surface area contributed by atoms with Crippen LogP contribution in [-0.2, 0) is 19.9 Å². The summed E-state index contributed by atoms with van der Waals surface area (Å²) in [7, 11) is 0. The molecule has 30 heavy (non-hydrogen) atoms. The molecule has 0 spiro atoms. The van der Waals surface area contributed by atoms with Crippen molar-refractivity contribution < 1.29 is 19.4 Å². The number of carbonyl (C=O) groups excluding carboxylic acids is 1. The van der Waals surface area contributed by atoms with Gasteiger partial charge in [-0.1, -0.05) is 47.5 Å². The molecule has 1 amide bonds. The Bertz CT molecular complexity index is 960. The summed E-state index contributed by atoms with van der Waals surface area (Å²) in [6.07, 6.45) is 0.683. The van der Waals surface area contributed by atoms with Gasteiger partial charge in [0.05, 0.1) is 12.5 Å². The van der Waals surface area contributed by atoms with E-state index in [4.69, 9.17) is 27.9 Å². The van der Waals surface area contributed by atoms with Crippen molar-refractivity contribution in [2.75, 3.05) is 6.54 Å². The molecule has 1 heterocycles. The summed E-state index contributed by atoms with van der Waals surface area (Å²) in [5, 5.41) is 10.5. The topological polar surface area (TPSA) is 66.8 Å². The molecule has 2 fully saturated rings. The van der Waals surface area contributed by atoms with Crippen LogP contribution in [0.4, 0.5) is 0 Å². The van der Waals surface area contributed by atoms with E-state index in [1.54, 1.807) is 23.1 Å². The fourth-order valence-corrected chi connectivity index (χ4v) is 4.56. The fraction of sp³-hybridized carbons (Fsp3) is 0.391. The zero-order chi connectivity index (χ0) is 21.5. The van der Waals surface area contributed by atoms with Gasteiger partial charge in [0.2, 0.25) is 0 Å². The van der Waals surface area contributed by atoms with E-state index in [-0.39, 0.29) is 12.3 Å². The van der Waals surface area contributed by atoms with Gasteiger partial charge < -0.3 is 14.7 Å². The van der Waals surface area contributed by atoms with Gasteiger partial charge in [-0.05, 0) is 61.1 Å². The van der Waals surface area contributed by atoms with Gasteiger partial charge in [-0.25, -0.2) is 0 Å². The van der Waals surface area contributed by atoms with E-state index in [1.165, 1.54) is 0 Å². The zero-order valence-electron chi connectivity index (χ0n) is 16.6. The Kier molecular flexibility index (Phi) is 5.80. The van der Waals surface area contributed by atoms with Gasteiger partial charge in [-0.15, -0.1) is 0 Å². The van der Waals surface area contributed by atoms with E-state index in [1.807, 2.05) is 37.3 Å². The Labute approximate surface area is 185 Å². The Morgan fingerprint density at radius 2 is 1.87 bits per heavy atom. The maximum atomic E-state index is 13.3. The summed E-state index contributed by atoms with van der Waals surface area (Å²) < 4.78 is 6.30. The van der Waals surface area contributed by atoms with Gasteiger partial charge in [-0.3, -0.25) is 9.59 Å². The highest BCUT2D eigenvalue weighted by molar-refractivity contribution is 6.30. The maximum absolute atomic E-state index is 13.3. The Morgan fingerprint density at radius 3 is 2.47 bits per heavy atom. The third-order valence-corrected chi connectivity index (χ3v) is 6.36. The van der Waals surface area contributed by atoms with Gasteiger partial charge in [0.1, 0.15) is 11.7 Å². The van der Waals surface area contributed by atoms with E-state index in [9.17, 15) is 14.7 Å². The number of carboxylic acid groups (broad SMARTS) is 1. The van der Waals surface area contributed by atoms with E-state index in [0.29, 0.717) is 22.5 Å². The second-order valence-corrected chi connectivity index (χ2v) is 9.08. The third kappa shape index (κ3) is 4.20. The number of aliphatic carboxylic acids is 1. The molecule has 2 aromatic carbocycles. The Hall–Kier alpha value is -2.08. The second kappa shape index (κ2) is 8.22. The summed E-state index contributed by atoms with van der Waals surface area (Å²) in [6, 6.07) is 14.2. The molecule has 1 aliphatic carbocycles. The summed E-state index contributed by atoms with van der Waals surface area (Å²) >= 11 is 12.4. The lowest BCUT2D eigenvalue weighted by Gasteiger charge is -2.51. The van der Waals surface area contributed by atoms with Gasteiger partial charge >= 0.3 is 5.97 Å². The van der Waals surface area contributed by atoms with Crippen molar-refractivity contribution in [2.24, 2.45) is 5.92 Å². The number of hydrogen-bond acceptors (Lipinski definition) is 3. The third-order valence-electron chi connectivity index (χ3n) is 5.87. The summed E-state index contributed by atoms with van der Waals surface area (Å²) in [5.74, 6) is -0.933. The quantitative estimate of drug-likeness (QED) is 0.671. The van der Waals surface area contributed by atoms with Gasteiger partial charge in [0.25, 0.3) is 5.91 Å². The smallest absolute Gasteiger partial charge is 0.306 e. The number of nitrogens with zero attached hydrogens (tertiary/aromatic N) is 1. The van der Waals surface area contributed by atoms with Crippen LogP contribution in [0.1, 0.15) is 43.4 Å². The molecular formula is C23H23Cl2NO4. The van der Waals surface area contributed by atoms with Crippen LogP contribution in [-0.4, -0.2) is 34.5 Å². The normalized spacial score (nSPS) is 26.6. The highest BCUT2D eigenvalue weighted by Crippen LogP contribution is 2.49. The van der Waals surface area contributed by atoms with Crippen molar-refractivity contribution in [3.05, 3.63) is 69.7 Å². The minimum atomic E-state index is -1.07. The standard InChI is InChI=1S/C23H23Cl2NO4/c1-23(16-3-2-4-18(25)11-16)21(15-7-9-17(24)10-8-15)26(13-14-5-6-14)22(29)19(30-23)12-20(27)28/h2-4,7-11,14,19,21H,5-6,12-13H2,1H3,(H,27,28)/t19-,21+,23-/m1/s1. The molecule has 1 N–H and O–H groups in total. The van der Waals surface area contributed by atoms with E-state index < -0.39 is 23.7 Å². The van der Waals surface area contributed by atoms with Crippen molar-refractivity contribution in [1.82, 2.24) is 4.90 Å². The van der Waals surface area contributed by atoms with Crippen molar-refractivity contribution in [3.8, 4) is 0 Å². The number of ether oxygens (including phenoxy) is 1. The van der Waals surface area contributed by atoms with Crippen LogP contribution in [0.5, 0.6) is 0 Å². The van der Waals surface area contributed by atoms with Crippen molar-refractivity contribution in [3.63, 3.8) is 0 Å². The molecule has 0 bridgehead atoms. The first-order valence-corrected chi connectivity index (χ1v) is 10.7. The first-order valence-electron chi connectivity index (χ1n) is 9.99. The Balaban J connectivity index is 1.85. The number of amides is 1. The van der Waals surface area contributed by atoms with Crippen LogP contribution in [0.25, 0.3) is 0 Å². The van der Waals surface area contributed by atoms with Gasteiger partial charge in [0, 0.05) is 16.6 Å². The average Bonchev–Trinajstić information content (AvgIpc) is 3.51. The first-order chi connectivity index (χ1) is 14.3. The minimum Gasteiger partial charge on any atom is -0.481 e. The molecule has 2 aromatic rings. The summed E-state index contributed by atoms with van der Waals surface area (Å²) in [4.78, 5) is 26.6. The van der Waals surface area contributed by atoms with Gasteiger partial charge in [0.15, 0.2) is 0 Å². The first kappa shape index (κ1) is 21.2. The van der Waals surface area contributed by atoms with Crippen LogP contribution in [0.3, 0.4) is 0 Å². The molecule has 1 saturated carbocycles. The fourth-order valence-electron chi connectivity index (χ4n) is 4.25. The van der Waals surface area contributed by atoms with Crippen LogP contribution in [0, 0.1) is 5.92 Å². The van der Waals surface area contributed by atoms with E-state index in [2.05, 4.69) is 0 Å². The number of carboxylic acids is 1. The summed E-state index contributed by atoms with van der Waals surface area (Å²) in [6.45, 7) is 2.47. The molecule has 4 rings (SSSR count). The molecule has 5 nitrogen and oxygen atoms in total. The molecule has 3 atom stereocenters. The summed E-state index contributed by atoms with van der Waals surface area (Å²) in [5.41, 5.74) is 0.685. The highest BCUT2D eigenvalue weighted by Gasteiger charge is 2.52. The van der Waals surface area contributed by atoms with Crippen LogP contribution >= 0.6 is 23.2 Å². The average molecular weight is 448 g/mol. The van der Waals surface area contributed by atoms with Crippen LogP contribution < -0.4 is 0 Å². The Morgan fingerprint density at radius 1 is 1.17 bits per heavy atom. The van der Waals surface area contributed by atoms with Crippen LogP contribution in [0.15, 0.2) is 48.5 Å². The molecule has 2 aliphatic rings. The number of rotatable bonds is 6. The predicted octanol–water partition coefficient (Wildman–Crippen LogP) is 5.06. The van der Waals surface area contributed by atoms with Crippen molar-refractivity contribution in [2.45, 2.75) is 43.9 Å². The molecule has 158 valence electrons. The second-order valence-electron chi connectivity index (χ2n) is 8.21. The largest absolute Gasteiger partial charge is 0.481 e. The number of halogens is 2. The van der Waals surface area contributed by atoms with E-state index >= 15 is 0 Å². The van der Waals surface area contributed by atoms with Gasteiger partial charge in [-0.2, -0.15) is 0 Å². The lowest BCUT2D eigenvalue weighted by atomic mass is 9.80. The van der Waals surface area contributed by atoms with Crippen molar-refractivity contribution >= 4 is 35.1 Å². The molecule has 0 aromatic heterocycles. The highest BCUT2D eigenvalue weighted by atomic mass is 35.5. The number of morpholine rings is 1. The molecule has 7 heteroatoms. The van der Waals surface area contributed by atoms with Crippen molar-refractivity contribution in [1.29, 1.82) is 0 Å². The SMILES string of the molecule is C[C@]1(c2cccc(Cl)c2)O[C@H](CC(=O)O)C(=O)N(CC2CC2)[C@H]1c1ccc(Cl)cc1. The monoisotopic (exact) mass is 447 g/mol. The predicted molar refractivity (Wildman–Crippen MR) is 115 cm³/mol. The lowest BCUT2D eigenvalue weighted by Crippen LogP contribution is -2.58. The zero-order valence-corrected chi connectivity index (χ0v) is 18.1. The minimum absolute atomic E-state index is 0.288. The molecule has 1 saturated heterocycles. The number of carbonyl (C=O) groups is 2. The number of benzene rings is 2. The van der Waals surface area contributed by atoms with E-state index in [0.717, 1.165) is 24.0 Å². The number of hydrogen-bond donors (Lipinski definition) is 1. The van der Waals surface area contributed by atoms with Crippen LogP contribution in [0.2, 0.25) is 10.0 Å². The molecule has 0 unspecified atom stereocenters. The lowest BCUT2D eigenvalue weighted by molar-refractivity contribution is -0.204. The maximum Gasteiger partial charge on any atom is 0.306 e. The molecular weight excluding hydrogens is 425 g/mol. The molecule has 0 radical (unpaired) electrons. The molecule has 1 aliphatic heterocycles.